The van der Waals surface area contributed by atoms with Crippen molar-refractivity contribution < 1.29 is 18.9 Å². The number of aromatic nitrogens is 3. The fourth-order valence-corrected chi connectivity index (χ4v) is 3.90. The maximum atomic E-state index is 6.10. The molecule has 166 valence electrons. The van der Waals surface area contributed by atoms with Crippen molar-refractivity contribution in [3.63, 3.8) is 0 Å². The Hall–Kier alpha value is -3.36. The third-order valence-corrected chi connectivity index (χ3v) is 5.60. The van der Waals surface area contributed by atoms with Gasteiger partial charge in [0.05, 0.1) is 37.8 Å². The van der Waals surface area contributed by atoms with Crippen molar-refractivity contribution >= 4 is 21.8 Å². The van der Waals surface area contributed by atoms with Crippen LogP contribution in [0.5, 0.6) is 23.1 Å². The van der Waals surface area contributed by atoms with Crippen LogP contribution in [-0.4, -0.2) is 66.4 Å². The number of nitrogens with zero attached hydrogens (tertiary/aromatic N) is 3. The number of methoxy groups -OCH3 is 1. The van der Waals surface area contributed by atoms with Gasteiger partial charge in [-0.15, -0.1) is 0 Å². The van der Waals surface area contributed by atoms with E-state index in [4.69, 9.17) is 18.9 Å². The summed E-state index contributed by atoms with van der Waals surface area (Å²) in [5.41, 5.74) is 1.80. The normalized spacial score (nSPS) is 14.7. The van der Waals surface area contributed by atoms with Crippen LogP contribution in [0.15, 0.2) is 48.9 Å². The van der Waals surface area contributed by atoms with Crippen LogP contribution in [0.4, 0.5) is 0 Å². The van der Waals surface area contributed by atoms with Crippen LogP contribution in [0.2, 0.25) is 0 Å². The highest BCUT2D eigenvalue weighted by molar-refractivity contribution is 5.87. The molecule has 2 aromatic heterocycles. The van der Waals surface area contributed by atoms with Crippen LogP contribution >= 0.6 is 0 Å². The van der Waals surface area contributed by atoms with Gasteiger partial charge in [0, 0.05) is 42.8 Å². The number of ether oxygens (including phenoxy) is 4. The van der Waals surface area contributed by atoms with Gasteiger partial charge in [0.2, 0.25) is 5.88 Å². The number of aromatic amines is 1. The van der Waals surface area contributed by atoms with Gasteiger partial charge in [0.15, 0.2) is 11.5 Å². The molecule has 1 aliphatic rings. The summed E-state index contributed by atoms with van der Waals surface area (Å²) in [6.45, 7) is 5.17. The number of morpholine rings is 1. The molecule has 2 aromatic carbocycles. The van der Waals surface area contributed by atoms with E-state index in [-0.39, 0.29) is 0 Å². The van der Waals surface area contributed by atoms with E-state index < -0.39 is 0 Å². The molecular weight excluding hydrogens is 408 g/mol. The standard InChI is InChI=1S/C24H26N4O4/c1-29-22-14-19-21(15-23(22)31-10-2-7-28-8-11-30-12-9-28)26-16-27-24(19)32-18-3-4-20-17(13-18)5-6-25-20/h3-6,13-16,25H,2,7-12H2,1H3. The minimum atomic E-state index is 0.474. The molecular formula is C24H26N4O4. The molecule has 0 amide bonds. The number of nitrogens with one attached hydrogen (secondary N) is 1. The van der Waals surface area contributed by atoms with Crippen molar-refractivity contribution in [2.45, 2.75) is 6.42 Å². The number of hydrogen-bond acceptors (Lipinski definition) is 7. The molecule has 0 atom stereocenters. The van der Waals surface area contributed by atoms with Crippen molar-refractivity contribution in [2.75, 3.05) is 46.6 Å². The second kappa shape index (κ2) is 9.42. The first-order valence-electron chi connectivity index (χ1n) is 10.8. The lowest BCUT2D eigenvalue weighted by Gasteiger charge is -2.26. The van der Waals surface area contributed by atoms with Gasteiger partial charge >= 0.3 is 0 Å². The van der Waals surface area contributed by atoms with Crippen LogP contribution < -0.4 is 14.2 Å². The molecule has 4 aromatic rings. The van der Waals surface area contributed by atoms with Gasteiger partial charge in [-0.1, -0.05) is 0 Å². The van der Waals surface area contributed by atoms with E-state index in [1.165, 1.54) is 6.33 Å². The summed E-state index contributed by atoms with van der Waals surface area (Å²) in [6, 6.07) is 11.6. The third kappa shape index (κ3) is 4.46. The smallest absolute Gasteiger partial charge is 0.230 e. The van der Waals surface area contributed by atoms with Gasteiger partial charge in [0.1, 0.15) is 12.1 Å². The molecule has 0 radical (unpaired) electrons. The summed E-state index contributed by atoms with van der Waals surface area (Å²) in [5.74, 6) is 2.48. The van der Waals surface area contributed by atoms with E-state index in [0.29, 0.717) is 29.7 Å². The van der Waals surface area contributed by atoms with Crippen molar-refractivity contribution in [2.24, 2.45) is 0 Å². The van der Waals surface area contributed by atoms with Crippen LogP contribution in [0, 0.1) is 0 Å². The zero-order chi connectivity index (χ0) is 21.8. The first-order chi connectivity index (χ1) is 15.8. The van der Waals surface area contributed by atoms with Gasteiger partial charge < -0.3 is 23.9 Å². The molecule has 1 N–H and O–H groups in total. The van der Waals surface area contributed by atoms with Crippen molar-refractivity contribution in [3.05, 3.63) is 48.9 Å². The van der Waals surface area contributed by atoms with Crippen LogP contribution in [0.25, 0.3) is 21.8 Å². The molecule has 3 heterocycles. The Morgan fingerprint density at radius 1 is 1.06 bits per heavy atom. The molecule has 1 saturated heterocycles. The van der Waals surface area contributed by atoms with E-state index in [0.717, 1.165) is 61.1 Å². The fourth-order valence-electron chi connectivity index (χ4n) is 3.90. The number of hydrogen-bond donors (Lipinski definition) is 1. The summed E-state index contributed by atoms with van der Waals surface area (Å²) >= 11 is 0. The summed E-state index contributed by atoms with van der Waals surface area (Å²) in [4.78, 5) is 14.3. The Kier molecular flexibility index (Phi) is 6.04. The van der Waals surface area contributed by atoms with Gasteiger partial charge in [-0.25, -0.2) is 9.97 Å². The number of fused-ring (bicyclic) bond motifs is 2. The molecule has 8 nitrogen and oxygen atoms in total. The Bertz CT molecular complexity index is 1200. The first kappa shape index (κ1) is 20.5. The van der Waals surface area contributed by atoms with E-state index in [2.05, 4.69) is 19.9 Å². The molecule has 0 aliphatic carbocycles. The molecule has 0 saturated carbocycles. The topological polar surface area (TPSA) is 81.7 Å². The summed E-state index contributed by atoms with van der Waals surface area (Å²) in [5, 5.41) is 1.84. The Morgan fingerprint density at radius 3 is 2.84 bits per heavy atom. The minimum absolute atomic E-state index is 0.474. The SMILES string of the molecule is COc1cc2c(Oc3ccc4[nH]ccc4c3)ncnc2cc1OCCCN1CCOCC1. The second-order valence-electron chi connectivity index (χ2n) is 7.68. The largest absolute Gasteiger partial charge is 0.493 e. The Morgan fingerprint density at radius 2 is 1.97 bits per heavy atom. The molecule has 1 aliphatic heterocycles. The fraction of sp³-hybridized carbons (Fsp3) is 0.333. The minimum Gasteiger partial charge on any atom is -0.493 e. The second-order valence-corrected chi connectivity index (χ2v) is 7.68. The number of benzene rings is 2. The van der Waals surface area contributed by atoms with Crippen molar-refractivity contribution in [3.8, 4) is 23.1 Å². The highest BCUT2D eigenvalue weighted by Gasteiger charge is 2.14. The summed E-state index contributed by atoms with van der Waals surface area (Å²) in [6.07, 6.45) is 4.34. The van der Waals surface area contributed by atoms with Gasteiger partial charge in [-0.05, 0) is 36.8 Å². The van der Waals surface area contributed by atoms with Crippen molar-refractivity contribution in [1.29, 1.82) is 0 Å². The monoisotopic (exact) mass is 434 g/mol. The molecule has 5 rings (SSSR count). The average molecular weight is 434 g/mol. The first-order valence-corrected chi connectivity index (χ1v) is 10.8. The Labute approximate surface area is 186 Å². The van der Waals surface area contributed by atoms with Crippen LogP contribution in [-0.2, 0) is 4.74 Å². The molecule has 1 fully saturated rings. The zero-order valence-corrected chi connectivity index (χ0v) is 18.0. The van der Waals surface area contributed by atoms with Gasteiger partial charge in [0.25, 0.3) is 0 Å². The lowest BCUT2D eigenvalue weighted by Crippen LogP contribution is -2.37. The summed E-state index contributed by atoms with van der Waals surface area (Å²) < 4.78 is 23.1. The highest BCUT2D eigenvalue weighted by atomic mass is 16.5. The lowest BCUT2D eigenvalue weighted by molar-refractivity contribution is 0.0357. The summed E-state index contributed by atoms with van der Waals surface area (Å²) in [7, 11) is 1.63. The molecule has 8 heteroatoms. The molecule has 0 unspecified atom stereocenters. The molecule has 0 spiro atoms. The van der Waals surface area contributed by atoms with Crippen molar-refractivity contribution in [1.82, 2.24) is 19.9 Å². The number of H-pyrrole nitrogens is 1. The maximum Gasteiger partial charge on any atom is 0.230 e. The van der Waals surface area contributed by atoms with Crippen LogP contribution in [0.1, 0.15) is 6.42 Å². The quantitative estimate of drug-likeness (QED) is 0.420. The van der Waals surface area contributed by atoms with Crippen LogP contribution in [0.3, 0.4) is 0 Å². The van der Waals surface area contributed by atoms with E-state index >= 15 is 0 Å². The van der Waals surface area contributed by atoms with E-state index in [9.17, 15) is 0 Å². The maximum absolute atomic E-state index is 6.10. The lowest BCUT2D eigenvalue weighted by atomic mass is 10.2. The third-order valence-electron chi connectivity index (χ3n) is 5.60. The highest BCUT2D eigenvalue weighted by Crippen LogP contribution is 2.36. The van der Waals surface area contributed by atoms with Gasteiger partial charge in [-0.2, -0.15) is 0 Å². The van der Waals surface area contributed by atoms with E-state index in [1.54, 1.807) is 7.11 Å². The van der Waals surface area contributed by atoms with E-state index in [1.807, 2.05) is 42.6 Å². The van der Waals surface area contributed by atoms with Gasteiger partial charge in [-0.3, -0.25) is 4.90 Å². The predicted octanol–water partition coefficient (Wildman–Crippen LogP) is 4.01. The molecule has 32 heavy (non-hydrogen) atoms. The predicted molar refractivity (Wildman–Crippen MR) is 122 cm³/mol. The zero-order valence-electron chi connectivity index (χ0n) is 18.0. The number of rotatable bonds is 8. The molecule has 0 bridgehead atoms. The Balaban J connectivity index is 1.32. The average Bonchev–Trinajstić information content (AvgIpc) is 3.30.